The number of hydrogen-bond acceptors (Lipinski definition) is 3. The van der Waals surface area contributed by atoms with Gasteiger partial charge in [-0.3, -0.25) is 4.79 Å². The van der Waals surface area contributed by atoms with Crippen molar-refractivity contribution in [2.75, 3.05) is 6.61 Å². The van der Waals surface area contributed by atoms with Crippen LogP contribution in [0.25, 0.3) is 0 Å². The second-order valence-electron chi connectivity index (χ2n) is 7.51. The molecule has 2 atom stereocenters. The van der Waals surface area contributed by atoms with Crippen LogP contribution >= 0.6 is 0 Å². The van der Waals surface area contributed by atoms with Crippen LogP contribution in [-0.4, -0.2) is 24.8 Å². The molecule has 0 spiro atoms. The average molecular weight is 330 g/mol. The summed E-state index contributed by atoms with van der Waals surface area (Å²) in [7, 11) is 0. The molecule has 1 heterocycles. The summed E-state index contributed by atoms with van der Waals surface area (Å²) >= 11 is 0. The van der Waals surface area contributed by atoms with Gasteiger partial charge >= 0.3 is 5.97 Å². The molecule has 2 rings (SSSR count). The monoisotopic (exact) mass is 330 g/mol. The first kappa shape index (κ1) is 18.7. The Labute approximate surface area is 146 Å². The standard InChI is InChI=1S/C21H30O3/c1-21(2,3)20(22)23-16-8-13-18-11-7-12-19(24-18)15-14-17-9-5-4-6-10-17/h4-7,9-11,18-19H,8,12-16H2,1-3H3/t18-,19-/m0/s1. The summed E-state index contributed by atoms with van der Waals surface area (Å²) in [5.74, 6) is -0.136. The van der Waals surface area contributed by atoms with Crippen molar-refractivity contribution in [1.82, 2.24) is 0 Å². The number of hydrogen-bond donors (Lipinski definition) is 0. The predicted octanol–water partition coefficient (Wildman–Crippen LogP) is 4.70. The summed E-state index contributed by atoms with van der Waals surface area (Å²) in [5, 5.41) is 0. The Morgan fingerprint density at radius 3 is 2.67 bits per heavy atom. The fraction of sp³-hybridized carbons (Fsp3) is 0.571. The van der Waals surface area contributed by atoms with Gasteiger partial charge in [0, 0.05) is 0 Å². The van der Waals surface area contributed by atoms with Crippen LogP contribution in [0.2, 0.25) is 0 Å². The van der Waals surface area contributed by atoms with Crippen LogP contribution in [0.1, 0.15) is 52.0 Å². The molecular weight excluding hydrogens is 300 g/mol. The van der Waals surface area contributed by atoms with E-state index in [2.05, 4.69) is 36.4 Å². The van der Waals surface area contributed by atoms with Crippen molar-refractivity contribution in [2.24, 2.45) is 5.41 Å². The van der Waals surface area contributed by atoms with Crippen molar-refractivity contribution < 1.29 is 14.3 Å². The summed E-state index contributed by atoms with van der Waals surface area (Å²) < 4.78 is 11.5. The van der Waals surface area contributed by atoms with E-state index >= 15 is 0 Å². The number of carbonyl (C=O) groups is 1. The maximum atomic E-state index is 11.7. The number of ether oxygens (including phenoxy) is 2. The summed E-state index contributed by atoms with van der Waals surface area (Å²) in [4.78, 5) is 11.7. The lowest BCUT2D eigenvalue weighted by Crippen LogP contribution is -2.26. The maximum absolute atomic E-state index is 11.7. The molecule has 0 fully saturated rings. The first-order chi connectivity index (χ1) is 11.4. The van der Waals surface area contributed by atoms with Gasteiger partial charge in [0.2, 0.25) is 0 Å². The third kappa shape index (κ3) is 6.48. The minimum absolute atomic E-state index is 0.136. The van der Waals surface area contributed by atoms with Crippen LogP contribution in [0.4, 0.5) is 0 Å². The molecule has 1 aromatic rings. The van der Waals surface area contributed by atoms with Gasteiger partial charge in [-0.05, 0) is 58.4 Å². The molecular formula is C21H30O3. The quantitative estimate of drug-likeness (QED) is 0.413. The van der Waals surface area contributed by atoms with E-state index in [9.17, 15) is 4.79 Å². The topological polar surface area (TPSA) is 35.5 Å². The lowest BCUT2D eigenvalue weighted by molar-refractivity contribution is -0.153. The largest absolute Gasteiger partial charge is 0.465 e. The molecule has 1 aliphatic rings. The maximum Gasteiger partial charge on any atom is 0.311 e. The fourth-order valence-electron chi connectivity index (χ4n) is 2.72. The fourth-order valence-corrected chi connectivity index (χ4v) is 2.72. The van der Waals surface area contributed by atoms with Crippen molar-refractivity contribution in [3.63, 3.8) is 0 Å². The van der Waals surface area contributed by atoms with Gasteiger partial charge in [0.05, 0.1) is 24.2 Å². The van der Waals surface area contributed by atoms with Crippen LogP contribution in [0.5, 0.6) is 0 Å². The SMILES string of the molecule is CC(C)(C)C(=O)OCCC[C@@H]1C=CC[C@@H](CCc2ccccc2)O1. The van der Waals surface area contributed by atoms with E-state index in [4.69, 9.17) is 9.47 Å². The van der Waals surface area contributed by atoms with E-state index < -0.39 is 5.41 Å². The first-order valence-corrected chi connectivity index (χ1v) is 8.98. The van der Waals surface area contributed by atoms with E-state index in [1.54, 1.807) is 0 Å². The van der Waals surface area contributed by atoms with Gasteiger partial charge in [-0.25, -0.2) is 0 Å². The lowest BCUT2D eigenvalue weighted by Gasteiger charge is -2.26. The van der Waals surface area contributed by atoms with Gasteiger partial charge in [0.1, 0.15) is 0 Å². The lowest BCUT2D eigenvalue weighted by atomic mass is 9.97. The number of benzene rings is 1. The molecule has 0 unspecified atom stereocenters. The van der Waals surface area contributed by atoms with Gasteiger partial charge in [0.15, 0.2) is 0 Å². The summed E-state index contributed by atoms with van der Waals surface area (Å²) in [5.41, 5.74) is 0.936. The van der Waals surface area contributed by atoms with Crippen molar-refractivity contribution in [3.05, 3.63) is 48.0 Å². The Bertz CT molecular complexity index is 528. The highest BCUT2D eigenvalue weighted by Gasteiger charge is 2.23. The second-order valence-corrected chi connectivity index (χ2v) is 7.51. The van der Waals surface area contributed by atoms with E-state index in [0.717, 1.165) is 32.1 Å². The molecule has 3 nitrogen and oxygen atoms in total. The smallest absolute Gasteiger partial charge is 0.311 e. The molecule has 132 valence electrons. The van der Waals surface area contributed by atoms with Crippen LogP contribution < -0.4 is 0 Å². The third-order valence-electron chi connectivity index (χ3n) is 4.19. The number of esters is 1. The average Bonchev–Trinajstić information content (AvgIpc) is 2.57. The zero-order valence-electron chi connectivity index (χ0n) is 15.2. The van der Waals surface area contributed by atoms with E-state index in [1.807, 2.05) is 26.8 Å². The van der Waals surface area contributed by atoms with Crippen LogP contribution in [0, 0.1) is 5.41 Å². The van der Waals surface area contributed by atoms with Gasteiger partial charge in [-0.2, -0.15) is 0 Å². The van der Waals surface area contributed by atoms with Crippen LogP contribution in [0.15, 0.2) is 42.5 Å². The first-order valence-electron chi connectivity index (χ1n) is 8.98. The second kappa shape index (κ2) is 9.03. The molecule has 1 aliphatic heterocycles. The molecule has 0 aliphatic carbocycles. The molecule has 0 saturated carbocycles. The van der Waals surface area contributed by atoms with E-state index in [-0.39, 0.29) is 18.2 Å². The van der Waals surface area contributed by atoms with Crippen molar-refractivity contribution >= 4 is 5.97 Å². The molecule has 0 bridgehead atoms. The van der Waals surface area contributed by atoms with Gasteiger partial charge in [-0.1, -0.05) is 42.5 Å². The van der Waals surface area contributed by atoms with E-state index in [0.29, 0.717) is 6.61 Å². The highest BCUT2D eigenvalue weighted by Crippen LogP contribution is 2.21. The molecule has 3 heteroatoms. The molecule has 24 heavy (non-hydrogen) atoms. The zero-order chi connectivity index (χ0) is 17.4. The molecule has 0 N–H and O–H groups in total. The minimum atomic E-state index is -0.427. The van der Waals surface area contributed by atoms with Gasteiger partial charge in [0.25, 0.3) is 0 Å². The normalized spacial score (nSPS) is 20.8. The Kier molecular flexibility index (Phi) is 7.04. The Morgan fingerprint density at radius 1 is 1.21 bits per heavy atom. The van der Waals surface area contributed by atoms with Gasteiger partial charge < -0.3 is 9.47 Å². The van der Waals surface area contributed by atoms with Crippen LogP contribution in [-0.2, 0) is 20.7 Å². The highest BCUT2D eigenvalue weighted by atomic mass is 16.5. The number of rotatable bonds is 7. The van der Waals surface area contributed by atoms with Crippen LogP contribution in [0.3, 0.4) is 0 Å². The minimum Gasteiger partial charge on any atom is -0.465 e. The van der Waals surface area contributed by atoms with Crippen molar-refractivity contribution in [3.8, 4) is 0 Å². The van der Waals surface area contributed by atoms with E-state index in [1.165, 1.54) is 5.56 Å². The Morgan fingerprint density at radius 2 is 1.96 bits per heavy atom. The Balaban J connectivity index is 1.65. The molecule has 0 radical (unpaired) electrons. The Hall–Kier alpha value is -1.61. The summed E-state index contributed by atoms with van der Waals surface area (Å²) in [6, 6.07) is 10.5. The number of carbonyl (C=O) groups excluding carboxylic acids is 1. The summed E-state index contributed by atoms with van der Waals surface area (Å²) in [6.07, 6.45) is 9.62. The zero-order valence-corrected chi connectivity index (χ0v) is 15.2. The predicted molar refractivity (Wildman–Crippen MR) is 96.8 cm³/mol. The van der Waals surface area contributed by atoms with Crippen molar-refractivity contribution in [2.45, 2.75) is 65.1 Å². The highest BCUT2D eigenvalue weighted by molar-refractivity contribution is 5.75. The molecule has 0 aromatic heterocycles. The van der Waals surface area contributed by atoms with Crippen molar-refractivity contribution in [1.29, 1.82) is 0 Å². The molecule has 0 saturated heterocycles. The summed E-state index contributed by atoms with van der Waals surface area (Å²) in [6.45, 7) is 6.09. The third-order valence-corrected chi connectivity index (χ3v) is 4.19. The molecule has 1 aromatic carbocycles. The number of aryl methyl sites for hydroxylation is 1. The van der Waals surface area contributed by atoms with Gasteiger partial charge in [-0.15, -0.1) is 0 Å². The molecule has 0 amide bonds.